The molecule has 3 aliphatic rings. The number of aliphatic imine (C=N–C) groups is 1. The van der Waals surface area contributed by atoms with Crippen LogP contribution in [-0.4, -0.2) is 22.6 Å². The molecule has 0 aliphatic carbocycles. The van der Waals surface area contributed by atoms with E-state index in [9.17, 15) is 0 Å². The number of allylic oxidation sites excluding steroid dienone is 3. The van der Waals surface area contributed by atoms with Crippen LogP contribution in [0.15, 0.2) is 53.3 Å². The smallest absolute Gasteiger partial charge is 0.149 e. The van der Waals surface area contributed by atoms with E-state index in [4.69, 9.17) is 0 Å². The molecule has 3 aliphatic heterocycles. The van der Waals surface area contributed by atoms with Crippen LogP contribution in [0.5, 0.6) is 0 Å². The lowest BCUT2D eigenvalue weighted by molar-refractivity contribution is 0.473. The maximum atomic E-state index is 4.27. The Labute approximate surface area is 76.7 Å². The van der Waals surface area contributed by atoms with Crippen LogP contribution in [-0.2, 0) is 0 Å². The van der Waals surface area contributed by atoms with Gasteiger partial charge in [-0.05, 0) is 12.2 Å². The van der Waals surface area contributed by atoms with Crippen molar-refractivity contribution < 1.29 is 0 Å². The minimum atomic E-state index is 0.890. The summed E-state index contributed by atoms with van der Waals surface area (Å²) in [6.07, 6.45) is 14.3. The quantitative estimate of drug-likeness (QED) is 0.548. The predicted molar refractivity (Wildman–Crippen MR) is 51.5 cm³/mol. The van der Waals surface area contributed by atoms with Crippen LogP contribution in [0.4, 0.5) is 0 Å². The van der Waals surface area contributed by atoms with E-state index < -0.39 is 0 Å². The Kier molecular flexibility index (Phi) is 1.22. The third-order valence-corrected chi connectivity index (χ3v) is 2.26. The van der Waals surface area contributed by atoms with Crippen molar-refractivity contribution in [1.29, 1.82) is 0 Å². The SMILES string of the molecule is C1=CC2=CN3CC=NC3=CN2C=C1. The topological polar surface area (TPSA) is 18.8 Å². The molecule has 3 heteroatoms. The Morgan fingerprint density at radius 2 is 2.23 bits per heavy atom. The van der Waals surface area contributed by atoms with Crippen LogP contribution >= 0.6 is 0 Å². The number of hydrogen-bond acceptors (Lipinski definition) is 3. The molecule has 3 rings (SSSR count). The molecular formula is C10H9N3. The third-order valence-electron chi connectivity index (χ3n) is 2.26. The molecule has 0 saturated carbocycles. The van der Waals surface area contributed by atoms with Crippen LogP contribution in [0.1, 0.15) is 0 Å². The minimum absolute atomic E-state index is 0.890. The minimum Gasteiger partial charge on any atom is -0.324 e. The Hall–Kier alpha value is -1.77. The van der Waals surface area contributed by atoms with Crippen molar-refractivity contribution in [1.82, 2.24) is 9.80 Å². The summed E-state index contributed by atoms with van der Waals surface area (Å²) in [5, 5.41) is 0. The standard InChI is InChI=1S/C10H9N3/c1-2-5-12-8-10-11-4-6-13(10)7-9(12)3-1/h1-5,7-8H,6H2. The summed E-state index contributed by atoms with van der Waals surface area (Å²) in [6.45, 7) is 0.890. The fourth-order valence-electron chi connectivity index (χ4n) is 1.60. The van der Waals surface area contributed by atoms with Crippen LogP contribution in [0, 0.1) is 0 Å². The zero-order valence-corrected chi connectivity index (χ0v) is 7.09. The molecule has 0 bridgehead atoms. The summed E-state index contributed by atoms with van der Waals surface area (Å²) in [4.78, 5) is 8.48. The molecular weight excluding hydrogens is 162 g/mol. The van der Waals surface area contributed by atoms with Gasteiger partial charge in [0.15, 0.2) is 0 Å². The van der Waals surface area contributed by atoms with Gasteiger partial charge >= 0.3 is 0 Å². The normalized spacial score (nSPS) is 22.8. The van der Waals surface area contributed by atoms with Gasteiger partial charge in [-0.2, -0.15) is 0 Å². The first-order chi connectivity index (χ1) is 6.43. The van der Waals surface area contributed by atoms with Crippen molar-refractivity contribution in [3.63, 3.8) is 0 Å². The van der Waals surface area contributed by atoms with E-state index in [0.29, 0.717) is 0 Å². The van der Waals surface area contributed by atoms with Gasteiger partial charge in [0, 0.05) is 18.6 Å². The van der Waals surface area contributed by atoms with Gasteiger partial charge in [-0.1, -0.05) is 6.08 Å². The molecule has 0 aromatic rings. The molecule has 0 saturated heterocycles. The highest BCUT2D eigenvalue weighted by molar-refractivity contribution is 5.65. The first-order valence-electron chi connectivity index (χ1n) is 4.29. The van der Waals surface area contributed by atoms with Crippen molar-refractivity contribution in [3.05, 3.63) is 48.3 Å². The molecule has 0 aromatic carbocycles. The highest BCUT2D eigenvalue weighted by atomic mass is 15.3. The fourth-order valence-corrected chi connectivity index (χ4v) is 1.60. The average Bonchev–Trinajstić information content (AvgIpc) is 2.61. The number of fused-ring (bicyclic) bond motifs is 2. The molecule has 0 N–H and O–H groups in total. The Morgan fingerprint density at radius 3 is 3.23 bits per heavy atom. The van der Waals surface area contributed by atoms with Crippen molar-refractivity contribution in [2.24, 2.45) is 4.99 Å². The second-order valence-corrected chi connectivity index (χ2v) is 3.11. The number of rotatable bonds is 0. The first-order valence-corrected chi connectivity index (χ1v) is 4.29. The predicted octanol–water partition coefficient (Wildman–Crippen LogP) is 1.41. The lowest BCUT2D eigenvalue weighted by atomic mass is 10.2. The van der Waals surface area contributed by atoms with Crippen LogP contribution in [0.3, 0.4) is 0 Å². The van der Waals surface area contributed by atoms with E-state index >= 15 is 0 Å². The monoisotopic (exact) mass is 171 g/mol. The molecule has 0 fully saturated rings. The van der Waals surface area contributed by atoms with E-state index in [1.165, 1.54) is 5.70 Å². The van der Waals surface area contributed by atoms with Gasteiger partial charge in [-0.3, -0.25) is 0 Å². The van der Waals surface area contributed by atoms with Crippen LogP contribution in [0.2, 0.25) is 0 Å². The summed E-state index contributed by atoms with van der Waals surface area (Å²) >= 11 is 0. The second kappa shape index (κ2) is 2.36. The van der Waals surface area contributed by atoms with E-state index in [0.717, 1.165) is 12.4 Å². The fraction of sp³-hybridized carbons (Fsp3) is 0.100. The van der Waals surface area contributed by atoms with E-state index in [1.807, 2.05) is 30.8 Å². The summed E-state index contributed by atoms with van der Waals surface area (Å²) in [5.74, 6) is 1.02. The largest absolute Gasteiger partial charge is 0.324 e. The summed E-state index contributed by atoms with van der Waals surface area (Å²) in [7, 11) is 0. The van der Waals surface area contributed by atoms with Crippen molar-refractivity contribution in [3.8, 4) is 0 Å². The first kappa shape index (κ1) is 6.71. The molecule has 0 amide bonds. The van der Waals surface area contributed by atoms with Gasteiger partial charge in [0.2, 0.25) is 0 Å². The summed E-state index contributed by atoms with van der Waals surface area (Å²) in [5.41, 5.74) is 1.19. The number of hydrogen-bond donors (Lipinski definition) is 0. The molecule has 0 aromatic heterocycles. The van der Waals surface area contributed by atoms with Crippen molar-refractivity contribution in [2.45, 2.75) is 0 Å². The van der Waals surface area contributed by atoms with Crippen molar-refractivity contribution in [2.75, 3.05) is 6.54 Å². The highest BCUT2D eigenvalue weighted by Gasteiger charge is 2.19. The van der Waals surface area contributed by atoms with Gasteiger partial charge in [0.25, 0.3) is 0 Å². The molecule has 64 valence electrons. The maximum Gasteiger partial charge on any atom is 0.149 e. The zero-order valence-electron chi connectivity index (χ0n) is 7.09. The second-order valence-electron chi connectivity index (χ2n) is 3.11. The van der Waals surface area contributed by atoms with E-state index in [1.54, 1.807) is 0 Å². The zero-order chi connectivity index (χ0) is 8.67. The highest BCUT2D eigenvalue weighted by Crippen LogP contribution is 2.24. The molecule has 13 heavy (non-hydrogen) atoms. The van der Waals surface area contributed by atoms with Crippen LogP contribution in [0.25, 0.3) is 0 Å². The summed E-state index contributed by atoms with van der Waals surface area (Å²) < 4.78 is 0. The Balaban J connectivity index is 2.04. The molecule has 0 radical (unpaired) electrons. The molecule has 0 atom stereocenters. The van der Waals surface area contributed by atoms with Gasteiger partial charge in [0.05, 0.1) is 18.4 Å². The molecule has 3 nitrogen and oxygen atoms in total. The van der Waals surface area contributed by atoms with Gasteiger partial charge in [-0.15, -0.1) is 0 Å². The lowest BCUT2D eigenvalue weighted by Crippen LogP contribution is -2.23. The molecule has 0 unspecified atom stereocenters. The summed E-state index contributed by atoms with van der Waals surface area (Å²) in [6, 6.07) is 0. The van der Waals surface area contributed by atoms with Gasteiger partial charge in [0.1, 0.15) is 5.82 Å². The average molecular weight is 171 g/mol. The third kappa shape index (κ3) is 0.935. The molecule has 3 heterocycles. The van der Waals surface area contributed by atoms with Crippen molar-refractivity contribution >= 4 is 6.21 Å². The molecule has 0 spiro atoms. The maximum absolute atomic E-state index is 4.27. The van der Waals surface area contributed by atoms with Crippen LogP contribution < -0.4 is 0 Å². The Bertz CT molecular complexity index is 385. The van der Waals surface area contributed by atoms with E-state index in [2.05, 4.69) is 27.1 Å². The lowest BCUT2D eigenvalue weighted by Gasteiger charge is -2.28. The van der Waals surface area contributed by atoms with E-state index in [-0.39, 0.29) is 0 Å². The van der Waals surface area contributed by atoms with Gasteiger partial charge < -0.3 is 9.80 Å². The number of nitrogens with zero attached hydrogens (tertiary/aromatic N) is 3. The Morgan fingerprint density at radius 1 is 1.23 bits per heavy atom. The van der Waals surface area contributed by atoms with Gasteiger partial charge in [-0.25, -0.2) is 4.99 Å².